The van der Waals surface area contributed by atoms with Gasteiger partial charge in [0.1, 0.15) is 5.75 Å². The number of benzene rings is 2. The van der Waals surface area contributed by atoms with E-state index in [2.05, 4.69) is 5.32 Å². The Hall–Kier alpha value is -2.68. The van der Waals surface area contributed by atoms with E-state index in [1.165, 1.54) is 15.2 Å². The molecule has 6 nitrogen and oxygen atoms in total. The van der Waals surface area contributed by atoms with Crippen LogP contribution < -0.4 is 10.1 Å². The van der Waals surface area contributed by atoms with Crippen LogP contribution in [0.5, 0.6) is 5.75 Å². The molecule has 5 rings (SSSR count). The van der Waals surface area contributed by atoms with Gasteiger partial charge in [0.2, 0.25) is 10.0 Å². The molecule has 160 valence electrons. The maximum atomic E-state index is 13.2. The smallest absolute Gasteiger partial charge is 0.251 e. The van der Waals surface area contributed by atoms with E-state index in [-0.39, 0.29) is 16.8 Å². The summed E-state index contributed by atoms with van der Waals surface area (Å²) in [7, 11) is -3.68. The first-order valence-electron chi connectivity index (χ1n) is 10.2. The molecule has 0 saturated heterocycles. The van der Waals surface area contributed by atoms with Crippen LogP contribution in [0.3, 0.4) is 0 Å². The fraction of sp³-hybridized carbons (Fsp3) is 0.261. The summed E-state index contributed by atoms with van der Waals surface area (Å²) < 4.78 is 33.6. The Balaban J connectivity index is 1.36. The molecule has 1 aromatic heterocycles. The summed E-state index contributed by atoms with van der Waals surface area (Å²) >= 11 is 1.67. The molecule has 0 saturated carbocycles. The molecule has 0 radical (unpaired) electrons. The van der Waals surface area contributed by atoms with Gasteiger partial charge in [0.15, 0.2) is 0 Å². The van der Waals surface area contributed by atoms with Crippen molar-refractivity contribution in [3.05, 3.63) is 81.5 Å². The lowest BCUT2D eigenvalue weighted by Gasteiger charge is -2.27. The number of ether oxygens (including phenoxy) is 1. The number of carbonyl (C=O) groups is 1. The van der Waals surface area contributed by atoms with Crippen molar-refractivity contribution in [1.29, 1.82) is 0 Å². The molecule has 1 N–H and O–H groups in total. The third-order valence-corrected chi connectivity index (χ3v) is 8.63. The Bertz CT molecular complexity index is 1240. The average Bonchev–Trinajstić information content (AvgIpc) is 3.27. The molecule has 2 aliphatic rings. The molecule has 1 atom stereocenters. The highest BCUT2D eigenvalue weighted by Crippen LogP contribution is 2.32. The molecule has 3 heterocycles. The number of hydrogen-bond donors (Lipinski definition) is 1. The molecule has 8 heteroatoms. The second-order valence-corrected chi connectivity index (χ2v) is 10.6. The third-order valence-electron chi connectivity index (χ3n) is 5.77. The van der Waals surface area contributed by atoms with E-state index < -0.39 is 10.0 Å². The van der Waals surface area contributed by atoms with Gasteiger partial charge in [-0.25, -0.2) is 8.42 Å². The minimum absolute atomic E-state index is 0.145. The summed E-state index contributed by atoms with van der Waals surface area (Å²) in [5.41, 5.74) is 2.33. The van der Waals surface area contributed by atoms with Gasteiger partial charge >= 0.3 is 0 Å². The van der Waals surface area contributed by atoms with Crippen LogP contribution in [-0.2, 0) is 23.0 Å². The summed E-state index contributed by atoms with van der Waals surface area (Å²) in [5.74, 6) is 0.478. The van der Waals surface area contributed by atoms with Crippen molar-refractivity contribution in [1.82, 2.24) is 9.62 Å². The standard InChI is InChI=1S/C23H22N2O4S2/c26-23(24-20-9-12-29-21-7-2-1-6-19(20)21)16-4-3-5-18(14-16)31(27,28)25-11-8-22-17(15-25)10-13-30-22/h1-7,10,13-14,20H,8-9,11-12,15H2,(H,24,26). The highest BCUT2D eigenvalue weighted by Gasteiger charge is 2.30. The zero-order valence-electron chi connectivity index (χ0n) is 16.8. The van der Waals surface area contributed by atoms with Crippen LogP contribution in [0.1, 0.15) is 38.8 Å². The lowest BCUT2D eigenvalue weighted by molar-refractivity contribution is 0.0924. The van der Waals surface area contributed by atoms with Crippen LogP contribution in [0.15, 0.2) is 64.9 Å². The van der Waals surface area contributed by atoms with E-state index in [9.17, 15) is 13.2 Å². The number of sulfonamides is 1. The zero-order valence-corrected chi connectivity index (χ0v) is 18.4. The maximum absolute atomic E-state index is 13.2. The van der Waals surface area contributed by atoms with Crippen LogP contribution in [-0.4, -0.2) is 31.8 Å². The van der Waals surface area contributed by atoms with Crippen molar-refractivity contribution in [3.63, 3.8) is 0 Å². The van der Waals surface area contributed by atoms with Crippen LogP contribution in [0, 0.1) is 0 Å². The van der Waals surface area contributed by atoms with Crippen molar-refractivity contribution >= 4 is 27.3 Å². The molecular weight excluding hydrogens is 432 g/mol. The van der Waals surface area contributed by atoms with Crippen LogP contribution in [0.2, 0.25) is 0 Å². The summed E-state index contributed by atoms with van der Waals surface area (Å²) in [5, 5.41) is 5.03. The lowest BCUT2D eigenvalue weighted by atomic mass is 10.00. The maximum Gasteiger partial charge on any atom is 0.251 e. The third kappa shape index (κ3) is 3.86. The normalized spacial score (nSPS) is 18.5. The van der Waals surface area contributed by atoms with Gasteiger partial charge in [0, 0.05) is 35.5 Å². The van der Waals surface area contributed by atoms with Gasteiger partial charge in [-0.3, -0.25) is 4.79 Å². The first-order chi connectivity index (χ1) is 15.0. The van der Waals surface area contributed by atoms with E-state index >= 15 is 0 Å². The summed E-state index contributed by atoms with van der Waals surface area (Å²) in [6.07, 6.45) is 1.38. The van der Waals surface area contributed by atoms with Crippen molar-refractivity contribution in [3.8, 4) is 5.75 Å². The van der Waals surface area contributed by atoms with Crippen LogP contribution in [0.4, 0.5) is 0 Å². The lowest BCUT2D eigenvalue weighted by Crippen LogP contribution is -2.35. The van der Waals surface area contributed by atoms with Crippen LogP contribution in [0.25, 0.3) is 0 Å². The Morgan fingerprint density at radius 3 is 2.90 bits per heavy atom. The fourth-order valence-electron chi connectivity index (χ4n) is 4.11. The molecule has 3 aromatic rings. The van der Waals surface area contributed by atoms with E-state index in [4.69, 9.17) is 4.74 Å². The topological polar surface area (TPSA) is 75.7 Å². The van der Waals surface area contributed by atoms with Gasteiger partial charge in [-0.15, -0.1) is 11.3 Å². The van der Waals surface area contributed by atoms with Crippen molar-refractivity contribution in [2.75, 3.05) is 13.2 Å². The average molecular weight is 455 g/mol. The fourth-order valence-corrected chi connectivity index (χ4v) is 6.46. The first kappa shape index (κ1) is 20.2. The minimum Gasteiger partial charge on any atom is -0.493 e. The van der Waals surface area contributed by atoms with E-state index in [0.29, 0.717) is 31.7 Å². The number of thiophene rings is 1. The Morgan fingerprint density at radius 2 is 2.00 bits per heavy atom. The number of carbonyl (C=O) groups excluding carboxylic acids is 1. The highest BCUT2D eigenvalue weighted by molar-refractivity contribution is 7.89. The molecule has 1 unspecified atom stereocenters. The molecule has 31 heavy (non-hydrogen) atoms. The molecule has 0 aliphatic carbocycles. The predicted molar refractivity (Wildman–Crippen MR) is 119 cm³/mol. The van der Waals surface area contributed by atoms with Gasteiger partial charge < -0.3 is 10.1 Å². The number of rotatable bonds is 4. The molecule has 0 bridgehead atoms. The Kier molecular flexibility index (Phi) is 5.29. The molecular formula is C23H22N2O4S2. The monoisotopic (exact) mass is 454 g/mol. The second kappa shape index (κ2) is 8.11. The van der Waals surface area contributed by atoms with Crippen molar-refractivity contribution < 1.29 is 17.9 Å². The number of hydrogen-bond acceptors (Lipinski definition) is 5. The molecule has 1 amide bonds. The summed E-state index contributed by atoms with van der Waals surface area (Å²) in [6, 6.07) is 15.8. The van der Waals surface area contributed by atoms with Gasteiger partial charge in [-0.05, 0) is 47.7 Å². The quantitative estimate of drug-likeness (QED) is 0.652. The largest absolute Gasteiger partial charge is 0.493 e. The number of para-hydroxylation sites is 1. The molecule has 0 spiro atoms. The molecule has 0 fully saturated rings. The number of amides is 1. The second-order valence-electron chi connectivity index (χ2n) is 7.69. The van der Waals surface area contributed by atoms with E-state index in [1.54, 1.807) is 29.5 Å². The molecule has 2 aromatic carbocycles. The Morgan fingerprint density at radius 1 is 1.13 bits per heavy atom. The number of nitrogens with zero attached hydrogens (tertiary/aromatic N) is 1. The summed E-state index contributed by atoms with van der Waals surface area (Å²) in [6.45, 7) is 1.34. The van der Waals surface area contributed by atoms with Crippen LogP contribution >= 0.6 is 11.3 Å². The highest BCUT2D eigenvalue weighted by atomic mass is 32.2. The number of nitrogens with one attached hydrogen (secondary N) is 1. The minimum atomic E-state index is -3.68. The summed E-state index contributed by atoms with van der Waals surface area (Å²) in [4.78, 5) is 14.3. The van der Waals surface area contributed by atoms with Crippen molar-refractivity contribution in [2.45, 2.75) is 30.3 Å². The van der Waals surface area contributed by atoms with Gasteiger partial charge in [0.25, 0.3) is 5.91 Å². The number of fused-ring (bicyclic) bond motifs is 2. The van der Waals surface area contributed by atoms with E-state index in [0.717, 1.165) is 23.3 Å². The van der Waals surface area contributed by atoms with Gasteiger partial charge in [-0.1, -0.05) is 24.3 Å². The SMILES string of the molecule is O=C(NC1CCOc2ccccc21)c1cccc(S(=O)(=O)N2CCc3sccc3C2)c1. The van der Waals surface area contributed by atoms with Gasteiger partial charge in [0.05, 0.1) is 17.5 Å². The predicted octanol–water partition coefficient (Wildman–Crippen LogP) is 3.75. The van der Waals surface area contributed by atoms with Crippen molar-refractivity contribution in [2.24, 2.45) is 0 Å². The Labute approximate surface area is 185 Å². The van der Waals surface area contributed by atoms with E-state index in [1.807, 2.05) is 35.7 Å². The first-order valence-corrected chi connectivity index (χ1v) is 12.5. The van der Waals surface area contributed by atoms with Gasteiger partial charge in [-0.2, -0.15) is 4.31 Å². The molecule has 2 aliphatic heterocycles. The zero-order chi connectivity index (χ0) is 21.4.